The SMILES string of the molecule is Cc1cc(Oc2ncccc2C(F)(F)F)ccc1C(=O)O. The molecular formula is C14H10F3NO3. The highest BCUT2D eigenvalue weighted by Crippen LogP contribution is 2.36. The predicted molar refractivity (Wildman–Crippen MR) is 67.5 cm³/mol. The third kappa shape index (κ3) is 3.31. The Hall–Kier alpha value is -2.57. The normalized spacial score (nSPS) is 11.2. The summed E-state index contributed by atoms with van der Waals surface area (Å²) in [5.41, 5.74) is -0.561. The van der Waals surface area contributed by atoms with Gasteiger partial charge in [0.15, 0.2) is 0 Å². The molecule has 1 aromatic heterocycles. The Labute approximate surface area is 117 Å². The predicted octanol–water partition coefficient (Wildman–Crippen LogP) is 3.90. The number of alkyl halides is 3. The van der Waals surface area contributed by atoms with Crippen LogP contribution in [0.5, 0.6) is 11.6 Å². The molecule has 1 N–H and O–H groups in total. The number of hydrogen-bond acceptors (Lipinski definition) is 3. The van der Waals surface area contributed by atoms with Gasteiger partial charge in [0.25, 0.3) is 0 Å². The summed E-state index contributed by atoms with van der Waals surface area (Å²) in [5.74, 6) is -1.61. The summed E-state index contributed by atoms with van der Waals surface area (Å²) in [7, 11) is 0. The lowest BCUT2D eigenvalue weighted by Crippen LogP contribution is -2.08. The Morgan fingerprint density at radius 2 is 2.00 bits per heavy atom. The first kappa shape index (κ1) is 14.8. The van der Waals surface area contributed by atoms with E-state index in [0.717, 1.165) is 12.1 Å². The lowest BCUT2D eigenvalue weighted by atomic mass is 10.1. The second-order valence-electron chi connectivity index (χ2n) is 4.24. The Bertz CT molecular complexity index is 683. The topological polar surface area (TPSA) is 59.4 Å². The van der Waals surface area contributed by atoms with E-state index in [4.69, 9.17) is 9.84 Å². The number of aromatic nitrogens is 1. The maximum atomic E-state index is 12.8. The minimum Gasteiger partial charge on any atom is -0.478 e. The number of carboxylic acids is 1. The van der Waals surface area contributed by atoms with Crippen molar-refractivity contribution in [2.75, 3.05) is 0 Å². The van der Waals surface area contributed by atoms with Gasteiger partial charge in [0.05, 0.1) is 5.56 Å². The minimum absolute atomic E-state index is 0.0550. The van der Waals surface area contributed by atoms with Gasteiger partial charge in [0, 0.05) is 6.20 Å². The minimum atomic E-state index is -4.58. The van der Waals surface area contributed by atoms with E-state index in [9.17, 15) is 18.0 Å². The van der Waals surface area contributed by atoms with Crippen molar-refractivity contribution < 1.29 is 27.8 Å². The number of aromatic carboxylic acids is 1. The largest absolute Gasteiger partial charge is 0.478 e. The van der Waals surface area contributed by atoms with Crippen molar-refractivity contribution in [3.8, 4) is 11.6 Å². The van der Waals surface area contributed by atoms with Crippen LogP contribution in [0.3, 0.4) is 0 Å². The van der Waals surface area contributed by atoms with Crippen LogP contribution in [0.2, 0.25) is 0 Å². The maximum absolute atomic E-state index is 12.8. The van der Waals surface area contributed by atoms with Crippen LogP contribution in [0.1, 0.15) is 21.5 Å². The molecule has 2 rings (SSSR count). The average molecular weight is 297 g/mol. The average Bonchev–Trinajstić information content (AvgIpc) is 2.37. The second-order valence-corrected chi connectivity index (χ2v) is 4.24. The van der Waals surface area contributed by atoms with E-state index in [-0.39, 0.29) is 11.3 Å². The number of pyridine rings is 1. The van der Waals surface area contributed by atoms with E-state index in [1.54, 1.807) is 0 Å². The maximum Gasteiger partial charge on any atom is 0.421 e. The fourth-order valence-electron chi connectivity index (χ4n) is 1.74. The number of halogens is 3. The summed E-state index contributed by atoms with van der Waals surface area (Å²) < 4.78 is 43.5. The van der Waals surface area contributed by atoms with E-state index < -0.39 is 23.6 Å². The van der Waals surface area contributed by atoms with Gasteiger partial charge >= 0.3 is 12.1 Å². The van der Waals surface area contributed by atoms with Crippen LogP contribution in [0.15, 0.2) is 36.5 Å². The number of benzene rings is 1. The Kier molecular flexibility index (Phi) is 3.84. The molecule has 2 aromatic rings. The molecule has 0 fully saturated rings. The van der Waals surface area contributed by atoms with Crippen LogP contribution in [0.4, 0.5) is 13.2 Å². The molecule has 1 heterocycles. The number of aryl methyl sites for hydroxylation is 1. The van der Waals surface area contributed by atoms with E-state index in [2.05, 4.69) is 4.98 Å². The summed E-state index contributed by atoms with van der Waals surface area (Å²) in [4.78, 5) is 14.4. The molecule has 0 atom stereocenters. The highest BCUT2D eigenvalue weighted by atomic mass is 19.4. The third-order valence-electron chi connectivity index (χ3n) is 2.72. The van der Waals surface area contributed by atoms with Crippen molar-refractivity contribution in [3.63, 3.8) is 0 Å². The summed E-state index contributed by atoms with van der Waals surface area (Å²) in [6.45, 7) is 1.53. The highest BCUT2D eigenvalue weighted by Gasteiger charge is 2.35. The molecular weight excluding hydrogens is 287 g/mol. The van der Waals surface area contributed by atoms with Gasteiger partial charge in [-0.05, 0) is 42.8 Å². The molecule has 0 saturated carbocycles. The van der Waals surface area contributed by atoms with Gasteiger partial charge in [0.1, 0.15) is 11.3 Å². The fourth-order valence-corrected chi connectivity index (χ4v) is 1.74. The van der Waals surface area contributed by atoms with Gasteiger partial charge in [0.2, 0.25) is 5.88 Å². The Balaban J connectivity index is 2.35. The lowest BCUT2D eigenvalue weighted by molar-refractivity contribution is -0.138. The standard InChI is InChI=1S/C14H10F3NO3/c1-8-7-9(4-5-10(8)13(19)20)21-12-11(14(15,16)17)3-2-6-18-12/h2-7H,1H3,(H,19,20). The van der Waals surface area contributed by atoms with E-state index in [0.29, 0.717) is 5.56 Å². The molecule has 0 radical (unpaired) electrons. The van der Waals surface area contributed by atoms with Crippen LogP contribution in [0.25, 0.3) is 0 Å². The molecule has 110 valence electrons. The zero-order valence-electron chi connectivity index (χ0n) is 10.8. The van der Waals surface area contributed by atoms with Crippen LogP contribution >= 0.6 is 0 Å². The van der Waals surface area contributed by atoms with Gasteiger partial charge in [-0.25, -0.2) is 9.78 Å². The van der Waals surface area contributed by atoms with Crippen LogP contribution in [-0.4, -0.2) is 16.1 Å². The van der Waals surface area contributed by atoms with Crippen LogP contribution in [-0.2, 0) is 6.18 Å². The molecule has 0 aliphatic carbocycles. The molecule has 0 aliphatic heterocycles. The molecule has 7 heteroatoms. The molecule has 0 unspecified atom stereocenters. The molecule has 0 aliphatic rings. The number of carbonyl (C=O) groups is 1. The smallest absolute Gasteiger partial charge is 0.421 e. The van der Waals surface area contributed by atoms with Gasteiger partial charge < -0.3 is 9.84 Å². The Morgan fingerprint density at radius 1 is 1.29 bits per heavy atom. The first-order chi connectivity index (χ1) is 9.79. The zero-order chi connectivity index (χ0) is 15.6. The zero-order valence-corrected chi connectivity index (χ0v) is 10.8. The number of hydrogen-bond donors (Lipinski definition) is 1. The van der Waals surface area contributed by atoms with Crippen molar-refractivity contribution in [3.05, 3.63) is 53.2 Å². The first-order valence-electron chi connectivity index (χ1n) is 5.83. The number of rotatable bonds is 3. The van der Waals surface area contributed by atoms with Gasteiger partial charge in [-0.1, -0.05) is 0 Å². The van der Waals surface area contributed by atoms with Crippen molar-refractivity contribution in [2.45, 2.75) is 13.1 Å². The van der Waals surface area contributed by atoms with E-state index >= 15 is 0 Å². The highest BCUT2D eigenvalue weighted by molar-refractivity contribution is 5.89. The quantitative estimate of drug-likeness (QED) is 0.933. The van der Waals surface area contributed by atoms with Gasteiger partial charge in [-0.3, -0.25) is 0 Å². The summed E-state index contributed by atoms with van der Waals surface area (Å²) in [6.07, 6.45) is -3.40. The number of nitrogens with zero attached hydrogens (tertiary/aromatic N) is 1. The molecule has 21 heavy (non-hydrogen) atoms. The van der Waals surface area contributed by atoms with Gasteiger partial charge in [-0.15, -0.1) is 0 Å². The van der Waals surface area contributed by atoms with E-state index in [1.807, 2.05) is 0 Å². The van der Waals surface area contributed by atoms with Crippen LogP contribution in [0, 0.1) is 6.92 Å². The lowest BCUT2D eigenvalue weighted by Gasteiger charge is -2.12. The van der Waals surface area contributed by atoms with Crippen molar-refractivity contribution in [1.29, 1.82) is 0 Å². The molecule has 0 amide bonds. The molecule has 0 saturated heterocycles. The van der Waals surface area contributed by atoms with E-state index in [1.165, 1.54) is 31.3 Å². The number of ether oxygens (including phenoxy) is 1. The third-order valence-corrected chi connectivity index (χ3v) is 2.72. The molecule has 0 bridgehead atoms. The summed E-state index contributed by atoms with van der Waals surface area (Å²) in [5, 5.41) is 8.90. The monoisotopic (exact) mass is 297 g/mol. The summed E-state index contributed by atoms with van der Waals surface area (Å²) in [6, 6.07) is 5.92. The van der Waals surface area contributed by atoms with Crippen molar-refractivity contribution in [2.24, 2.45) is 0 Å². The Morgan fingerprint density at radius 3 is 2.57 bits per heavy atom. The van der Waals surface area contributed by atoms with Crippen molar-refractivity contribution >= 4 is 5.97 Å². The van der Waals surface area contributed by atoms with Gasteiger partial charge in [-0.2, -0.15) is 13.2 Å². The first-order valence-corrected chi connectivity index (χ1v) is 5.83. The molecule has 4 nitrogen and oxygen atoms in total. The fraction of sp³-hybridized carbons (Fsp3) is 0.143. The molecule has 1 aromatic carbocycles. The summed E-state index contributed by atoms with van der Waals surface area (Å²) >= 11 is 0. The van der Waals surface area contributed by atoms with Crippen LogP contribution < -0.4 is 4.74 Å². The molecule has 0 spiro atoms. The van der Waals surface area contributed by atoms with Crippen molar-refractivity contribution in [1.82, 2.24) is 4.98 Å². The second kappa shape index (κ2) is 5.43. The number of carboxylic acid groups (broad SMARTS) is 1.